The van der Waals surface area contributed by atoms with Crippen molar-refractivity contribution >= 4 is 5.82 Å². The Hall–Kier alpha value is -1.17. The second-order valence-electron chi connectivity index (χ2n) is 4.57. The molecular weight excluding hydrogens is 230 g/mol. The molecule has 1 saturated heterocycles. The largest absolute Gasteiger partial charge is 0.383 e. The smallest absolute Gasteiger partial charge is 0.128 e. The fourth-order valence-corrected chi connectivity index (χ4v) is 2.53. The molecular formula is C13H21N3O2. The molecule has 2 heterocycles. The van der Waals surface area contributed by atoms with Crippen LogP contribution in [0.1, 0.15) is 31.4 Å². The van der Waals surface area contributed by atoms with Crippen LogP contribution in [0.15, 0.2) is 18.3 Å². The minimum atomic E-state index is -0.385. The molecule has 5 heteroatoms. The quantitative estimate of drug-likeness (QED) is 0.841. The number of nitrogen functional groups attached to an aromatic ring is 1. The monoisotopic (exact) mass is 251 g/mol. The van der Waals surface area contributed by atoms with Crippen molar-refractivity contribution in [2.24, 2.45) is 5.73 Å². The van der Waals surface area contributed by atoms with Gasteiger partial charge in [0.2, 0.25) is 0 Å². The van der Waals surface area contributed by atoms with Gasteiger partial charge in [0.15, 0.2) is 0 Å². The molecule has 0 amide bonds. The van der Waals surface area contributed by atoms with Crippen LogP contribution in [0.25, 0.3) is 0 Å². The zero-order valence-corrected chi connectivity index (χ0v) is 10.8. The molecule has 1 atom stereocenters. The minimum Gasteiger partial charge on any atom is -0.383 e. The summed E-state index contributed by atoms with van der Waals surface area (Å²) in [5.41, 5.74) is 12.8. The molecule has 5 nitrogen and oxygen atoms in total. The number of anilines is 1. The Bertz CT molecular complexity index is 386. The molecule has 0 spiro atoms. The molecule has 0 aliphatic carbocycles. The Morgan fingerprint density at radius 3 is 2.83 bits per heavy atom. The number of pyridine rings is 1. The molecule has 4 N–H and O–H groups in total. The lowest BCUT2D eigenvalue weighted by molar-refractivity contribution is -0.121. The second-order valence-corrected chi connectivity index (χ2v) is 4.57. The molecule has 1 unspecified atom stereocenters. The Morgan fingerprint density at radius 1 is 1.50 bits per heavy atom. The Kier molecular flexibility index (Phi) is 4.16. The predicted octanol–water partition coefficient (Wildman–Crippen LogP) is 1.25. The van der Waals surface area contributed by atoms with Crippen molar-refractivity contribution in [2.45, 2.75) is 31.4 Å². The second kappa shape index (κ2) is 5.65. The normalized spacial score (nSPS) is 20.6. The maximum Gasteiger partial charge on any atom is 0.128 e. The van der Waals surface area contributed by atoms with Crippen molar-refractivity contribution in [2.75, 3.05) is 25.6 Å². The van der Waals surface area contributed by atoms with E-state index in [4.69, 9.17) is 20.9 Å². The summed E-state index contributed by atoms with van der Waals surface area (Å²) >= 11 is 0. The first kappa shape index (κ1) is 13.3. The van der Waals surface area contributed by atoms with E-state index in [0.717, 1.165) is 18.4 Å². The van der Waals surface area contributed by atoms with E-state index in [-0.39, 0.29) is 11.6 Å². The third-order valence-corrected chi connectivity index (χ3v) is 3.54. The zero-order chi connectivity index (χ0) is 13.0. The van der Waals surface area contributed by atoms with Crippen molar-refractivity contribution in [3.8, 4) is 0 Å². The van der Waals surface area contributed by atoms with Crippen LogP contribution in [-0.4, -0.2) is 30.4 Å². The molecule has 1 aliphatic heterocycles. The average Bonchev–Trinajstić information content (AvgIpc) is 2.40. The van der Waals surface area contributed by atoms with E-state index in [9.17, 15) is 0 Å². The summed E-state index contributed by atoms with van der Waals surface area (Å²) in [5.74, 6) is 0.482. The van der Waals surface area contributed by atoms with E-state index in [1.165, 1.54) is 0 Å². The first-order chi connectivity index (χ1) is 8.69. The van der Waals surface area contributed by atoms with E-state index in [2.05, 4.69) is 4.98 Å². The molecule has 0 radical (unpaired) electrons. The lowest BCUT2D eigenvalue weighted by atomic mass is 9.82. The van der Waals surface area contributed by atoms with Crippen LogP contribution < -0.4 is 11.5 Å². The van der Waals surface area contributed by atoms with Crippen LogP contribution in [0.3, 0.4) is 0 Å². The number of nitrogens with zero attached hydrogens (tertiary/aromatic N) is 1. The van der Waals surface area contributed by atoms with Gasteiger partial charge in [-0.2, -0.15) is 0 Å². The van der Waals surface area contributed by atoms with Crippen LogP contribution in [0.4, 0.5) is 5.82 Å². The number of aromatic nitrogens is 1. The molecule has 0 bridgehead atoms. The first-order valence-corrected chi connectivity index (χ1v) is 6.37. The standard InChI is InChI=1S/C13H21N3O2/c1-2-18-13(5-8-17-9-6-13)11(14)10-4-3-7-16-12(10)15/h3-4,7,11H,2,5-6,8-9,14H2,1H3,(H2,15,16). The topological polar surface area (TPSA) is 83.4 Å². The van der Waals surface area contributed by atoms with Gasteiger partial charge >= 0.3 is 0 Å². The third kappa shape index (κ3) is 2.48. The van der Waals surface area contributed by atoms with Crippen molar-refractivity contribution < 1.29 is 9.47 Å². The lowest BCUT2D eigenvalue weighted by Gasteiger charge is -2.41. The SMILES string of the molecule is CCOC1(C(N)c2cccnc2N)CCOCC1. The van der Waals surface area contributed by atoms with Crippen LogP contribution in [0, 0.1) is 0 Å². The Balaban J connectivity index is 2.28. The number of hydrogen-bond donors (Lipinski definition) is 2. The van der Waals surface area contributed by atoms with Gasteiger partial charge in [-0.05, 0) is 13.0 Å². The van der Waals surface area contributed by atoms with Crippen molar-refractivity contribution in [1.82, 2.24) is 4.98 Å². The minimum absolute atomic E-state index is 0.268. The summed E-state index contributed by atoms with van der Waals surface area (Å²) in [7, 11) is 0. The average molecular weight is 251 g/mol. The van der Waals surface area contributed by atoms with E-state index >= 15 is 0 Å². The lowest BCUT2D eigenvalue weighted by Crippen LogP contribution is -2.48. The van der Waals surface area contributed by atoms with Crippen molar-refractivity contribution in [3.05, 3.63) is 23.9 Å². The third-order valence-electron chi connectivity index (χ3n) is 3.54. The maximum atomic E-state index is 6.39. The molecule has 2 rings (SSSR count). The van der Waals surface area contributed by atoms with Gasteiger partial charge in [0.05, 0.1) is 11.6 Å². The van der Waals surface area contributed by atoms with Gasteiger partial charge in [0, 0.05) is 44.4 Å². The summed E-state index contributed by atoms with van der Waals surface area (Å²) in [6, 6.07) is 3.50. The Labute approximate surface area is 107 Å². The van der Waals surface area contributed by atoms with Gasteiger partial charge in [-0.15, -0.1) is 0 Å². The highest BCUT2D eigenvalue weighted by atomic mass is 16.5. The summed E-state index contributed by atoms with van der Waals surface area (Å²) in [6.45, 7) is 3.96. The molecule has 1 aromatic heterocycles. The molecule has 100 valence electrons. The molecule has 0 aromatic carbocycles. The summed E-state index contributed by atoms with van der Waals surface area (Å²) in [6.07, 6.45) is 3.25. The number of ether oxygens (including phenoxy) is 2. The van der Waals surface area contributed by atoms with E-state index in [0.29, 0.717) is 25.6 Å². The number of nitrogens with two attached hydrogens (primary N) is 2. The van der Waals surface area contributed by atoms with Gasteiger partial charge in [-0.1, -0.05) is 6.07 Å². The van der Waals surface area contributed by atoms with E-state index in [1.807, 2.05) is 19.1 Å². The van der Waals surface area contributed by atoms with Crippen LogP contribution in [-0.2, 0) is 9.47 Å². The van der Waals surface area contributed by atoms with Crippen molar-refractivity contribution in [1.29, 1.82) is 0 Å². The molecule has 1 fully saturated rings. The van der Waals surface area contributed by atoms with Gasteiger partial charge in [0.1, 0.15) is 5.82 Å². The molecule has 0 saturated carbocycles. The van der Waals surface area contributed by atoms with E-state index in [1.54, 1.807) is 6.20 Å². The highest BCUT2D eigenvalue weighted by Gasteiger charge is 2.40. The van der Waals surface area contributed by atoms with Crippen LogP contribution in [0.2, 0.25) is 0 Å². The fraction of sp³-hybridized carbons (Fsp3) is 0.615. The number of rotatable bonds is 4. The highest BCUT2D eigenvalue weighted by molar-refractivity contribution is 5.42. The molecule has 1 aliphatic rings. The van der Waals surface area contributed by atoms with Crippen LogP contribution in [0.5, 0.6) is 0 Å². The van der Waals surface area contributed by atoms with Gasteiger partial charge in [-0.25, -0.2) is 4.98 Å². The predicted molar refractivity (Wildman–Crippen MR) is 70.0 cm³/mol. The van der Waals surface area contributed by atoms with Gasteiger partial charge in [0.25, 0.3) is 0 Å². The van der Waals surface area contributed by atoms with Crippen LogP contribution >= 0.6 is 0 Å². The summed E-state index contributed by atoms with van der Waals surface area (Å²) in [5, 5.41) is 0. The number of hydrogen-bond acceptors (Lipinski definition) is 5. The van der Waals surface area contributed by atoms with Gasteiger partial charge < -0.3 is 20.9 Å². The summed E-state index contributed by atoms with van der Waals surface area (Å²) < 4.78 is 11.4. The highest BCUT2D eigenvalue weighted by Crippen LogP contribution is 2.37. The Morgan fingerprint density at radius 2 is 2.22 bits per heavy atom. The summed E-state index contributed by atoms with van der Waals surface area (Å²) in [4.78, 5) is 4.10. The first-order valence-electron chi connectivity index (χ1n) is 6.37. The fourth-order valence-electron chi connectivity index (χ4n) is 2.53. The zero-order valence-electron chi connectivity index (χ0n) is 10.8. The van der Waals surface area contributed by atoms with Gasteiger partial charge in [-0.3, -0.25) is 0 Å². The molecule has 18 heavy (non-hydrogen) atoms. The molecule has 1 aromatic rings. The maximum absolute atomic E-state index is 6.39. The van der Waals surface area contributed by atoms with Crippen molar-refractivity contribution in [3.63, 3.8) is 0 Å². The van der Waals surface area contributed by atoms with E-state index < -0.39 is 0 Å².